The van der Waals surface area contributed by atoms with Gasteiger partial charge in [0.15, 0.2) is 0 Å². The lowest BCUT2D eigenvalue weighted by Gasteiger charge is -2.25. The summed E-state index contributed by atoms with van der Waals surface area (Å²) < 4.78 is 4.93. The number of rotatable bonds is 3. The minimum absolute atomic E-state index is 0.661. The van der Waals surface area contributed by atoms with Gasteiger partial charge in [0.05, 0.1) is 5.60 Å². The highest BCUT2D eigenvalue weighted by atomic mass is 79.9. The molecule has 1 N–H and O–H groups in total. The number of alkyl halides is 1. The van der Waals surface area contributed by atoms with Crippen molar-refractivity contribution in [3.63, 3.8) is 0 Å². The van der Waals surface area contributed by atoms with Crippen LogP contribution < -0.4 is 0 Å². The smallest absolute Gasteiger partial charge is 0.320 e. The van der Waals surface area contributed by atoms with Gasteiger partial charge in [0.2, 0.25) is 0 Å². The molecule has 0 aliphatic heterocycles. The zero-order valence-corrected chi connectivity index (χ0v) is 7.81. The number of methoxy groups -OCH3 is 1. The summed E-state index contributed by atoms with van der Waals surface area (Å²) in [5.41, 5.74) is -0.661. The van der Waals surface area contributed by atoms with E-state index in [4.69, 9.17) is 9.84 Å². The largest absolute Gasteiger partial charge is 0.480 e. The molecular formula is C6H11BrO3. The Bertz CT molecular complexity index is 133. The van der Waals surface area contributed by atoms with Crippen molar-refractivity contribution in [1.82, 2.24) is 0 Å². The van der Waals surface area contributed by atoms with E-state index in [2.05, 4.69) is 15.9 Å². The molecule has 10 heavy (non-hydrogen) atoms. The van der Waals surface area contributed by atoms with E-state index >= 15 is 0 Å². The first-order valence-electron chi connectivity index (χ1n) is 2.84. The van der Waals surface area contributed by atoms with Gasteiger partial charge in [-0.15, -0.1) is 0 Å². The van der Waals surface area contributed by atoms with Crippen molar-refractivity contribution in [2.45, 2.75) is 24.3 Å². The molecule has 4 heteroatoms. The summed E-state index contributed by atoms with van der Waals surface area (Å²) in [4.78, 5) is 9.72. The van der Waals surface area contributed by atoms with Gasteiger partial charge in [-0.1, -0.05) is 15.9 Å². The molecule has 1 atom stereocenters. The number of halogens is 1. The van der Waals surface area contributed by atoms with Gasteiger partial charge in [0.1, 0.15) is 4.83 Å². The Kier molecular flexibility index (Phi) is 3.31. The molecule has 0 bridgehead atoms. The summed E-state index contributed by atoms with van der Waals surface area (Å²) in [5, 5.41) is 8.52. The SMILES string of the molecule is COC(C)(C)[C@H](Br)C(=O)O. The minimum Gasteiger partial charge on any atom is -0.480 e. The maximum absolute atomic E-state index is 10.4. The second-order valence-electron chi connectivity index (χ2n) is 2.51. The Balaban J connectivity index is 4.17. The Hall–Kier alpha value is -0.0900. The molecular weight excluding hydrogens is 200 g/mol. The van der Waals surface area contributed by atoms with Gasteiger partial charge in [-0.05, 0) is 13.8 Å². The molecule has 0 aromatic carbocycles. The molecule has 0 aliphatic rings. The summed E-state index contributed by atoms with van der Waals surface area (Å²) in [6.07, 6.45) is 0. The molecule has 0 spiro atoms. The number of carbonyl (C=O) groups is 1. The Morgan fingerprint density at radius 2 is 2.10 bits per heavy atom. The van der Waals surface area contributed by atoms with Gasteiger partial charge in [0.25, 0.3) is 0 Å². The zero-order chi connectivity index (χ0) is 8.36. The summed E-state index contributed by atoms with van der Waals surface area (Å²) in [6, 6.07) is 0. The van der Waals surface area contributed by atoms with Crippen LogP contribution in [0.25, 0.3) is 0 Å². The highest BCUT2D eigenvalue weighted by Gasteiger charge is 2.32. The number of ether oxygens (including phenoxy) is 1. The van der Waals surface area contributed by atoms with Crippen molar-refractivity contribution in [2.75, 3.05) is 7.11 Å². The van der Waals surface area contributed by atoms with Crippen LogP contribution in [0.2, 0.25) is 0 Å². The molecule has 0 heterocycles. The molecule has 0 rings (SSSR count). The fourth-order valence-corrected chi connectivity index (χ4v) is 0.588. The van der Waals surface area contributed by atoms with E-state index in [9.17, 15) is 4.79 Å². The van der Waals surface area contributed by atoms with Crippen LogP contribution in [0.4, 0.5) is 0 Å². The third-order valence-corrected chi connectivity index (χ3v) is 2.85. The second kappa shape index (κ2) is 3.34. The maximum atomic E-state index is 10.4. The highest BCUT2D eigenvalue weighted by molar-refractivity contribution is 9.10. The predicted octanol–water partition coefficient (Wildman–Crippen LogP) is 1.26. The lowest BCUT2D eigenvalue weighted by molar-refractivity contribution is -0.141. The predicted molar refractivity (Wildman–Crippen MR) is 41.4 cm³/mol. The average molecular weight is 211 g/mol. The van der Waals surface area contributed by atoms with Crippen LogP contribution in [-0.2, 0) is 9.53 Å². The summed E-state index contributed by atoms with van der Waals surface area (Å²) in [7, 11) is 1.48. The Morgan fingerprint density at radius 3 is 2.20 bits per heavy atom. The van der Waals surface area contributed by atoms with Crippen LogP contribution >= 0.6 is 15.9 Å². The van der Waals surface area contributed by atoms with E-state index < -0.39 is 16.4 Å². The lowest BCUT2D eigenvalue weighted by Crippen LogP contribution is -2.39. The molecule has 0 aromatic heterocycles. The first kappa shape index (κ1) is 9.91. The zero-order valence-electron chi connectivity index (χ0n) is 6.22. The van der Waals surface area contributed by atoms with Crippen LogP contribution in [0.1, 0.15) is 13.8 Å². The van der Waals surface area contributed by atoms with Crippen LogP contribution in [0.15, 0.2) is 0 Å². The average Bonchev–Trinajstić information content (AvgIpc) is 1.86. The molecule has 0 saturated heterocycles. The van der Waals surface area contributed by atoms with Gasteiger partial charge in [0, 0.05) is 7.11 Å². The third-order valence-electron chi connectivity index (χ3n) is 1.35. The summed E-state index contributed by atoms with van der Waals surface area (Å²) in [5.74, 6) is -0.910. The molecule has 0 aliphatic carbocycles. The number of carboxylic acids is 1. The van der Waals surface area contributed by atoms with Crippen molar-refractivity contribution in [1.29, 1.82) is 0 Å². The van der Waals surface area contributed by atoms with Crippen molar-refractivity contribution in [2.24, 2.45) is 0 Å². The first-order valence-corrected chi connectivity index (χ1v) is 3.75. The third kappa shape index (κ3) is 2.27. The van der Waals surface area contributed by atoms with Gasteiger partial charge in [-0.3, -0.25) is 4.79 Å². The van der Waals surface area contributed by atoms with E-state index in [1.54, 1.807) is 13.8 Å². The minimum atomic E-state index is -0.910. The number of hydrogen-bond acceptors (Lipinski definition) is 2. The molecule has 0 aromatic rings. The maximum Gasteiger partial charge on any atom is 0.320 e. The second-order valence-corrected chi connectivity index (χ2v) is 3.42. The molecule has 0 radical (unpaired) electrons. The fraction of sp³-hybridized carbons (Fsp3) is 0.833. The van der Waals surface area contributed by atoms with E-state index in [0.29, 0.717) is 0 Å². The van der Waals surface area contributed by atoms with Crippen LogP contribution in [-0.4, -0.2) is 28.6 Å². The highest BCUT2D eigenvalue weighted by Crippen LogP contribution is 2.20. The van der Waals surface area contributed by atoms with E-state index in [1.807, 2.05) is 0 Å². The van der Waals surface area contributed by atoms with Crippen molar-refractivity contribution in [3.8, 4) is 0 Å². The van der Waals surface area contributed by atoms with Gasteiger partial charge in [-0.2, -0.15) is 0 Å². The topological polar surface area (TPSA) is 46.5 Å². The van der Waals surface area contributed by atoms with Crippen molar-refractivity contribution >= 4 is 21.9 Å². The number of hydrogen-bond donors (Lipinski definition) is 1. The fourth-order valence-electron chi connectivity index (χ4n) is 0.401. The summed E-state index contributed by atoms with van der Waals surface area (Å²) >= 11 is 3.00. The van der Waals surface area contributed by atoms with Gasteiger partial charge < -0.3 is 9.84 Å². The van der Waals surface area contributed by atoms with E-state index in [1.165, 1.54) is 7.11 Å². The first-order chi connectivity index (χ1) is 4.41. The lowest BCUT2D eigenvalue weighted by atomic mass is 10.1. The molecule has 3 nitrogen and oxygen atoms in total. The van der Waals surface area contributed by atoms with Crippen LogP contribution in [0, 0.1) is 0 Å². The molecule has 0 unspecified atom stereocenters. The molecule has 0 amide bonds. The summed E-state index contributed by atoms with van der Waals surface area (Å²) in [6.45, 7) is 3.42. The number of aliphatic carboxylic acids is 1. The van der Waals surface area contributed by atoms with E-state index in [-0.39, 0.29) is 0 Å². The van der Waals surface area contributed by atoms with Crippen molar-refractivity contribution in [3.05, 3.63) is 0 Å². The quantitative estimate of drug-likeness (QED) is 0.714. The van der Waals surface area contributed by atoms with Crippen LogP contribution in [0.3, 0.4) is 0 Å². The van der Waals surface area contributed by atoms with Gasteiger partial charge >= 0.3 is 5.97 Å². The number of carboxylic acid groups (broad SMARTS) is 1. The Labute approximate surface area is 68.5 Å². The van der Waals surface area contributed by atoms with Gasteiger partial charge in [-0.25, -0.2) is 0 Å². The normalized spacial score (nSPS) is 14.8. The van der Waals surface area contributed by atoms with Crippen LogP contribution in [0.5, 0.6) is 0 Å². The van der Waals surface area contributed by atoms with E-state index in [0.717, 1.165) is 0 Å². The Morgan fingerprint density at radius 1 is 1.70 bits per heavy atom. The van der Waals surface area contributed by atoms with Crippen molar-refractivity contribution < 1.29 is 14.6 Å². The standard InChI is InChI=1S/C6H11BrO3/c1-6(2,10-3)4(7)5(8)9/h4H,1-3H3,(H,8,9)/t4-/m1/s1. The molecule has 0 fully saturated rings. The monoisotopic (exact) mass is 210 g/mol. The molecule has 0 saturated carbocycles. The molecule has 60 valence electrons.